The van der Waals surface area contributed by atoms with Crippen LogP contribution in [0.3, 0.4) is 0 Å². The lowest BCUT2D eigenvalue weighted by Gasteiger charge is -2.02. The summed E-state index contributed by atoms with van der Waals surface area (Å²) in [7, 11) is 0. The SMILES string of the molecule is N#C/C(=C(/Cl)c1ncccn1)c1ccccc1. The normalized spacial score (nSPS) is 11.5. The largest absolute Gasteiger partial charge is 0.236 e. The monoisotopic (exact) mass is 241 g/mol. The van der Waals surface area contributed by atoms with Gasteiger partial charge in [0.2, 0.25) is 0 Å². The van der Waals surface area contributed by atoms with Crippen molar-refractivity contribution in [2.24, 2.45) is 0 Å². The lowest BCUT2D eigenvalue weighted by Crippen LogP contribution is -1.91. The Hall–Kier alpha value is -2.18. The number of hydrogen-bond donors (Lipinski definition) is 0. The molecular weight excluding hydrogens is 234 g/mol. The average molecular weight is 242 g/mol. The molecule has 0 spiro atoms. The summed E-state index contributed by atoms with van der Waals surface area (Å²) in [6.45, 7) is 0. The summed E-state index contributed by atoms with van der Waals surface area (Å²) in [4.78, 5) is 8.04. The summed E-state index contributed by atoms with van der Waals surface area (Å²) in [5.41, 5.74) is 1.13. The number of benzene rings is 1. The summed E-state index contributed by atoms with van der Waals surface area (Å²) < 4.78 is 0. The number of halogens is 1. The molecule has 2 rings (SSSR count). The van der Waals surface area contributed by atoms with Gasteiger partial charge in [0, 0.05) is 12.4 Å². The molecule has 0 aliphatic carbocycles. The van der Waals surface area contributed by atoms with Gasteiger partial charge in [0.1, 0.15) is 11.1 Å². The predicted molar refractivity (Wildman–Crippen MR) is 66.8 cm³/mol. The second-order valence-electron chi connectivity index (χ2n) is 3.24. The molecule has 0 atom stereocenters. The number of aromatic nitrogens is 2. The Labute approximate surface area is 104 Å². The lowest BCUT2D eigenvalue weighted by atomic mass is 10.1. The Morgan fingerprint density at radius 1 is 1.06 bits per heavy atom. The van der Waals surface area contributed by atoms with Gasteiger partial charge >= 0.3 is 0 Å². The molecule has 17 heavy (non-hydrogen) atoms. The minimum absolute atomic E-state index is 0.263. The fourth-order valence-electron chi connectivity index (χ4n) is 1.37. The molecule has 0 unspecified atom stereocenters. The highest BCUT2D eigenvalue weighted by Gasteiger charge is 2.10. The second-order valence-corrected chi connectivity index (χ2v) is 3.62. The van der Waals surface area contributed by atoms with Gasteiger partial charge in [0.15, 0.2) is 5.82 Å². The number of nitriles is 1. The first-order chi connectivity index (χ1) is 8.33. The fraction of sp³-hybridized carbons (Fsp3) is 0. The van der Waals surface area contributed by atoms with Gasteiger partial charge in [-0.2, -0.15) is 5.26 Å². The standard InChI is InChI=1S/C13H8ClN3/c14-12(13-16-7-4-8-17-13)11(9-15)10-5-2-1-3-6-10/h1-8H/b12-11-. The molecule has 0 bridgehead atoms. The molecule has 1 aromatic heterocycles. The summed E-state index contributed by atoms with van der Waals surface area (Å²) in [6.07, 6.45) is 3.18. The van der Waals surface area contributed by atoms with Crippen LogP contribution in [0.1, 0.15) is 11.4 Å². The van der Waals surface area contributed by atoms with E-state index in [1.54, 1.807) is 18.5 Å². The molecule has 4 heteroatoms. The zero-order valence-electron chi connectivity index (χ0n) is 8.84. The molecule has 0 aliphatic heterocycles. The molecule has 3 nitrogen and oxygen atoms in total. The van der Waals surface area contributed by atoms with Crippen LogP contribution in [0.5, 0.6) is 0 Å². The third-order valence-corrected chi connectivity index (χ3v) is 2.51. The van der Waals surface area contributed by atoms with Crippen LogP contribution in [0.2, 0.25) is 0 Å². The van der Waals surface area contributed by atoms with E-state index < -0.39 is 0 Å². The Bertz CT molecular complexity index is 571. The Kier molecular flexibility index (Phi) is 3.49. The Balaban J connectivity index is 2.53. The van der Waals surface area contributed by atoms with E-state index in [0.717, 1.165) is 5.56 Å². The van der Waals surface area contributed by atoms with Gasteiger partial charge in [-0.05, 0) is 11.6 Å². The van der Waals surface area contributed by atoms with Gasteiger partial charge in [0.05, 0.1) is 5.57 Å². The number of nitrogens with zero attached hydrogens (tertiary/aromatic N) is 3. The predicted octanol–water partition coefficient (Wildman–Crippen LogP) is 3.11. The van der Waals surface area contributed by atoms with Gasteiger partial charge in [-0.25, -0.2) is 9.97 Å². The van der Waals surface area contributed by atoms with E-state index in [2.05, 4.69) is 16.0 Å². The maximum atomic E-state index is 9.16. The molecule has 0 saturated heterocycles. The third kappa shape index (κ3) is 2.49. The summed E-state index contributed by atoms with van der Waals surface area (Å²) in [5.74, 6) is 0.356. The zero-order chi connectivity index (χ0) is 12.1. The van der Waals surface area contributed by atoms with E-state index in [9.17, 15) is 0 Å². The summed E-state index contributed by atoms with van der Waals surface area (Å²) in [6, 6.07) is 13.0. The Morgan fingerprint density at radius 3 is 2.29 bits per heavy atom. The maximum Gasteiger partial charge on any atom is 0.172 e. The molecule has 0 saturated carbocycles. The highest BCUT2D eigenvalue weighted by molar-refractivity contribution is 6.52. The first kappa shape index (κ1) is 11.3. The molecule has 2 aromatic rings. The molecular formula is C13H8ClN3. The van der Waals surface area contributed by atoms with Crippen molar-refractivity contribution < 1.29 is 0 Å². The molecule has 0 amide bonds. The van der Waals surface area contributed by atoms with Crippen LogP contribution in [0.25, 0.3) is 10.6 Å². The quantitative estimate of drug-likeness (QED) is 0.759. The van der Waals surface area contributed by atoms with Crippen LogP contribution < -0.4 is 0 Å². The first-order valence-corrected chi connectivity index (χ1v) is 5.33. The molecule has 82 valence electrons. The summed E-state index contributed by atoms with van der Waals surface area (Å²) in [5, 5.41) is 9.43. The van der Waals surface area contributed by atoms with Crippen LogP contribution in [-0.4, -0.2) is 9.97 Å². The zero-order valence-corrected chi connectivity index (χ0v) is 9.59. The van der Waals surface area contributed by atoms with Crippen LogP contribution in [0.15, 0.2) is 48.8 Å². The Morgan fingerprint density at radius 2 is 1.71 bits per heavy atom. The minimum Gasteiger partial charge on any atom is -0.236 e. The van der Waals surface area contributed by atoms with E-state index in [4.69, 9.17) is 16.9 Å². The van der Waals surface area contributed by atoms with Gasteiger partial charge in [-0.3, -0.25) is 0 Å². The molecule has 0 N–H and O–H groups in total. The van der Waals surface area contributed by atoms with E-state index >= 15 is 0 Å². The average Bonchev–Trinajstić information content (AvgIpc) is 2.42. The highest BCUT2D eigenvalue weighted by atomic mass is 35.5. The maximum absolute atomic E-state index is 9.16. The fourth-order valence-corrected chi connectivity index (χ4v) is 1.62. The molecule has 0 fully saturated rings. The van der Waals surface area contributed by atoms with E-state index in [1.165, 1.54) is 0 Å². The van der Waals surface area contributed by atoms with Crippen LogP contribution in [0.4, 0.5) is 0 Å². The minimum atomic E-state index is 0.263. The van der Waals surface area contributed by atoms with Crippen molar-refractivity contribution in [2.45, 2.75) is 0 Å². The van der Waals surface area contributed by atoms with E-state index in [-0.39, 0.29) is 5.03 Å². The van der Waals surface area contributed by atoms with Crippen LogP contribution in [-0.2, 0) is 0 Å². The molecule has 0 aliphatic rings. The smallest absolute Gasteiger partial charge is 0.172 e. The number of hydrogen-bond acceptors (Lipinski definition) is 3. The lowest BCUT2D eigenvalue weighted by molar-refractivity contribution is 1.13. The van der Waals surface area contributed by atoms with Gasteiger partial charge in [-0.15, -0.1) is 0 Å². The van der Waals surface area contributed by atoms with Crippen molar-refractivity contribution in [3.63, 3.8) is 0 Å². The topological polar surface area (TPSA) is 49.6 Å². The van der Waals surface area contributed by atoms with Gasteiger partial charge in [0.25, 0.3) is 0 Å². The van der Waals surface area contributed by atoms with Gasteiger partial charge in [-0.1, -0.05) is 41.9 Å². The second kappa shape index (κ2) is 5.24. The van der Waals surface area contributed by atoms with Crippen LogP contribution >= 0.6 is 11.6 Å². The van der Waals surface area contributed by atoms with E-state index in [0.29, 0.717) is 11.4 Å². The third-order valence-electron chi connectivity index (χ3n) is 2.16. The molecule has 0 radical (unpaired) electrons. The van der Waals surface area contributed by atoms with Crippen molar-refractivity contribution in [1.82, 2.24) is 9.97 Å². The van der Waals surface area contributed by atoms with Gasteiger partial charge < -0.3 is 0 Å². The summed E-state index contributed by atoms with van der Waals surface area (Å²) >= 11 is 6.14. The van der Waals surface area contributed by atoms with Crippen LogP contribution in [0, 0.1) is 11.3 Å². The number of allylic oxidation sites excluding steroid dienone is 1. The first-order valence-electron chi connectivity index (χ1n) is 4.95. The highest BCUT2D eigenvalue weighted by Crippen LogP contribution is 2.26. The van der Waals surface area contributed by atoms with E-state index in [1.807, 2.05) is 30.3 Å². The van der Waals surface area contributed by atoms with Crippen molar-refractivity contribution in [1.29, 1.82) is 5.26 Å². The molecule has 1 aromatic carbocycles. The number of rotatable bonds is 2. The van der Waals surface area contributed by atoms with Crippen molar-refractivity contribution >= 4 is 22.2 Å². The molecule has 1 heterocycles. The van der Waals surface area contributed by atoms with Crippen molar-refractivity contribution in [2.75, 3.05) is 0 Å². The van der Waals surface area contributed by atoms with Crippen molar-refractivity contribution in [3.05, 3.63) is 60.2 Å². The van der Waals surface area contributed by atoms with Crippen molar-refractivity contribution in [3.8, 4) is 6.07 Å².